The molecular weight excluding hydrogens is 372 g/mol. The lowest BCUT2D eigenvalue weighted by Crippen LogP contribution is -2.36. The highest BCUT2D eigenvalue weighted by Crippen LogP contribution is 2.23. The number of benzene rings is 1. The number of nitrogens with zero attached hydrogens (tertiary/aromatic N) is 3. The highest BCUT2D eigenvalue weighted by Gasteiger charge is 2.15. The summed E-state index contributed by atoms with van der Waals surface area (Å²) < 4.78 is 7.61. The molecule has 7 heteroatoms. The first kappa shape index (κ1) is 20.7. The Hall–Kier alpha value is -1.99. The second-order valence-corrected chi connectivity index (χ2v) is 8.50. The fourth-order valence-electron chi connectivity index (χ4n) is 3.22. The van der Waals surface area contributed by atoms with Crippen molar-refractivity contribution in [2.45, 2.75) is 39.4 Å². The second kappa shape index (κ2) is 9.47. The Balaban J connectivity index is 1.55. The van der Waals surface area contributed by atoms with Gasteiger partial charge >= 0.3 is 0 Å². The Morgan fingerprint density at radius 3 is 2.54 bits per heavy atom. The van der Waals surface area contributed by atoms with Gasteiger partial charge in [-0.05, 0) is 44.0 Å². The van der Waals surface area contributed by atoms with Gasteiger partial charge in [-0.1, -0.05) is 25.6 Å². The number of carbonyl (C=O) groups excluding carboxylic acids is 1. The number of thioether (sulfide) groups is 1. The quantitative estimate of drug-likeness (QED) is 0.715. The predicted molar refractivity (Wildman–Crippen MR) is 115 cm³/mol. The van der Waals surface area contributed by atoms with Crippen LogP contribution in [0.4, 0.5) is 11.4 Å². The van der Waals surface area contributed by atoms with Crippen LogP contribution in [0.1, 0.15) is 25.2 Å². The number of aromatic nitrogens is 2. The lowest BCUT2D eigenvalue weighted by atomic mass is 10.2. The summed E-state index contributed by atoms with van der Waals surface area (Å²) in [5, 5.41) is 3.90. The van der Waals surface area contributed by atoms with Gasteiger partial charge in [0, 0.05) is 36.7 Å². The summed E-state index contributed by atoms with van der Waals surface area (Å²) in [6, 6.07) is 8.02. The van der Waals surface area contributed by atoms with Crippen molar-refractivity contribution in [3.63, 3.8) is 0 Å². The van der Waals surface area contributed by atoms with Crippen molar-refractivity contribution in [1.29, 1.82) is 0 Å². The molecule has 6 nitrogen and oxygen atoms in total. The Morgan fingerprint density at radius 1 is 1.21 bits per heavy atom. The zero-order valence-corrected chi connectivity index (χ0v) is 18.0. The molecular formula is C21H30N4O2S. The fraction of sp³-hybridized carbons (Fsp3) is 0.524. The molecule has 1 N–H and O–H groups in total. The first-order chi connectivity index (χ1) is 13.4. The molecule has 2 heterocycles. The number of anilines is 2. The van der Waals surface area contributed by atoms with Crippen molar-refractivity contribution >= 4 is 29.0 Å². The topological polar surface area (TPSA) is 59.4 Å². The third kappa shape index (κ3) is 5.29. The van der Waals surface area contributed by atoms with Crippen molar-refractivity contribution < 1.29 is 9.53 Å². The van der Waals surface area contributed by atoms with Crippen LogP contribution in [-0.4, -0.2) is 47.5 Å². The summed E-state index contributed by atoms with van der Waals surface area (Å²) >= 11 is 1.49. The Morgan fingerprint density at radius 2 is 1.89 bits per heavy atom. The third-order valence-electron chi connectivity index (χ3n) is 4.83. The average molecular weight is 403 g/mol. The van der Waals surface area contributed by atoms with E-state index in [9.17, 15) is 4.79 Å². The summed E-state index contributed by atoms with van der Waals surface area (Å²) in [5.74, 6) is 0.864. The lowest BCUT2D eigenvalue weighted by molar-refractivity contribution is -0.113. The van der Waals surface area contributed by atoms with E-state index in [1.54, 1.807) is 0 Å². The molecule has 2 aromatic rings. The average Bonchev–Trinajstić information content (AvgIpc) is 2.95. The maximum absolute atomic E-state index is 12.4. The lowest BCUT2D eigenvalue weighted by Gasteiger charge is -2.28. The highest BCUT2D eigenvalue weighted by atomic mass is 32.2. The van der Waals surface area contributed by atoms with Gasteiger partial charge in [0.15, 0.2) is 5.16 Å². The highest BCUT2D eigenvalue weighted by molar-refractivity contribution is 7.99. The predicted octanol–water partition coefficient (Wildman–Crippen LogP) is 3.72. The minimum Gasteiger partial charge on any atom is -0.378 e. The van der Waals surface area contributed by atoms with E-state index in [4.69, 9.17) is 4.74 Å². The molecule has 1 amide bonds. The van der Waals surface area contributed by atoms with Crippen LogP contribution >= 0.6 is 11.8 Å². The zero-order chi connectivity index (χ0) is 20.1. The van der Waals surface area contributed by atoms with Gasteiger partial charge in [0.2, 0.25) is 5.91 Å². The molecule has 0 bridgehead atoms. The van der Waals surface area contributed by atoms with Crippen LogP contribution in [0.25, 0.3) is 0 Å². The van der Waals surface area contributed by atoms with E-state index in [-0.39, 0.29) is 5.91 Å². The smallest absolute Gasteiger partial charge is 0.234 e. The van der Waals surface area contributed by atoms with Crippen LogP contribution in [0, 0.1) is 19.8 Å². The summed E-state index contributed by atoms with van der Waals surface area (Å²) in [6.07, 6.45) is 0. The van der Waals surface area contributed by atoms with E-state index in [0.29, 0.717) is 11.7 Å². The SMILES string of the molecule is Cc1nc(SCC(=O)Nc2ccc(N3CCOCC3)cc2)n(CC(C)C)c1C. The summed E-state index contributed by atoms with van der Waals surface area (Å²) in [6.45, 7) is 12.8. The van der Waals surface area contributed by atoms with Gasteiger partial charge in [0.05, 0.1) is 24.7 Å². The number of rotatable bonds is 7. The van der Waals surface area contributed by atoms with Crippen LogP contribution in [-0.2, 0) is 16.1 Å². The van der Waals surface area contributed by atoms with E-state index in [0.717, 1.165) is 55.1 Å². The minimum atomic E-state index is -0.0153. The Bertz CT molecular complexity index is 795. The summed E-state index contributed by atoms with van der Waals surface area (Å²) in [7, 11) is 0. The monoisotopic (exact) mass is 402 g/mol. The summed E-state index contributed by atoms with van der Waals surface area (Å²) in [4.78, 5) is 19.3. The normalized spacial score (nSPS) is 14.5. The second-order valence-electron chi connectivity index (χ2n) is 7.55. The van der Waals surface area contributed by atoms with Crippen LogP contribution in [0.2, 0.25) is 0 Å². The third-order valence-corrected chi connectivity index (χ3v) is 5.81. The van der Waals surface area contributed by atoms with Crippen molar-refractivity contribution in [2.24, 2.45) is 5.92 Å². The molecule has 28 heavy (non-hydrogen) atoms. The van der Waals surface area contributed by atoms with Crippen molar-refractivity contribution in [3.8, 4) is 0 Å². The van der Waals surface area contributed by atoms with E-state index < -0.39 is 0 Å². The number of morpholine rings is 1. The van der Waals surface area contributed by atoms with Gasteiger partial charge in [-0.3, -0.25) is 4.79 Å². The van der Waals surface area contributed by atoms with Gasteiger partial charge in [-0.25, -0.2) is 4.98 Å². The number of hydrogen-bond donors (Lipinski definition) is 1. The minimum absolute atomic E-state index is 0.0153. The Labute approximate surface area is 171 Å². The number of nitrogens with one attached hydrogen (secondary N) is 1. The van der Waals surface area contributed by atoms with E-state index >= 15 is 0 Å². The molecule has 1 aromatic carbocycles. The molecule has 152 valence electrons. The molecule has 0 atom stereocenters. The standard InChI is InChI=1S/C21H30N4O2S/c1-15(2)13-25-17(4)16(3)22-21(25)28-14-20(26)23-18-5-7-19(8-6-18)24-9-11-27-12-10-24/h5-8,15H,9-14H2,1-4H3,(H,23,26). The largest absolute Gasteiger partial charge is 0.378 e. The van der Waals surface area contributed by atoms with Crippen molar-refractivity contribution in [1.82, 2.24) is 9.55 Å². The van der Waals surface area contributed by atoms with Crippen LogP contribution in [0.5, 0.6) is 0 Å². The molecule has 0 unspecified atom stereocenters. The molecule has 0 radical (unpaired) electrons. The van der Waals surface area contributed by atoms with Crippen LogP contribution in [0.15, 0.2) is 29.4 Å². The number of ether oxygens (including phenoxy) is 1. The Kier molecular flexibility index (Phi) is 7.02. The van der Waals surface area contributed by atoms with E-state index in [1.807, 2.05) is 19.1 Å². The van der Waals surface area contributed by atoms with Gasteiger partial charge < -0.3 is 19.5 Å². The number of carbonyl (C=O) groups is 1. The molecule has 1 saturated heterocycles. The number of aryl methyl sites for hydroxylation is 1. The first-order valence-corrected chi connectivity index (χ1v) is 10.8. The number of imidazole rings is 1. The van der Waals surface area contributed by atoms with Gasteiger partial charge in [-0.15, -0.1) is 0 Å². The molecule has 1 aliphatic heterocycles. The molecule has 3 rings (SSSR count). The molecule has 1 fully saturated rings. The van der Waals surface area contributed by atoms with Gasteiger partial charge in [-0.2, -0.15) is 0 Å². The molecule has 0 aliphatic carbocycles. The van der Waals surface area contributed by atoms with Gasteiger partial charge in [0.1, 0.15) is 0 Å². The van der Waals surface area contributed by atoms with Gasteiger partial charge in [0.25, 0.3) is 0 Å². The molecule has 1 aliphatic rings. The maximum Gasteiger partial charge on any atom is 0.234 e. The van der Waals surface area contributed by atoms with Crippen LogP contribution in [0.3, 0.4) is 0 Å². The van der Waals surface area contributed by atoms with Crippen molar-refractivity contribution in [3.05, 3.63) is 35.7 Å². The van der Waals surface area contributed by atoms with E-state index in [2.05, 4.69) is 52.7 Å². The maximum atomic E-state index is 12.4. The number of hydrogen-bond acceptors (Lipinski definition) is 5. The van der Waals surface area contributed by atoms with E-state index in [1.165, 1.54) is 17.5 Å². The molecule has 0 spiro atoms. The summed E-state index contributed by atoms with van der Waals surface area (Å²) in [5.41, 5.74) is 4.19. The van der Waals surface area contributed by atoms with Crippen LogP contribution < -0.4 is 10.2 Å². The fourth-order valence-corrected chi connectivity index (χ4v) is 4.12. The molecule has 0 saturated carbocycles. The first-order valence-electron chi connectivity index (χ1n) is 9.83. The van der Waals surface area contributed by atoms with Crippen molar-refractivity contribution in [2.75, 3.05) is 42.3 Å². The molecule has 1 aromatic heterocycles. The zero-order valence-electron chi connectivity index (χ0n) is 17.2. The number of amides is 1.